The van der Waals surface area contributed by atoms with Gasteiger partial charge in [0.25, 0.3) is 0 Å². The Bertz CT molecular complexity index is 751. The van der Waals surface area contributed by atoms with Gasteiger partial charge in [-0.1, -0.05) is 11.2 Å². The molecule has 0 aliphatic rings. The van der Waals surface area contributed by atoms with Crippen LogP contribution >= 0.6 is 0 Å². The zero-order valence-electron chi connectivity index (χ0n) is 11.9. The number of aromatic nitrogens is 1. The first-order chi connectivity index (χ1) is 10.7. The van der Waals surface area contributed by atoms with Crippen molar-refractivity contribution in [2.75, 3.05) is 6.54 Å². The SMILES string of the molecule is C=CCCN.Fc1ccc(-c2noc3ccc(F)cc23)cc1. The van der Waals surface area contributed by atoms with E-state index in [-0.39, 0.29) is 11.6 Å². The quantitative estimate of drug-likeness (QED) is 0.734. The topological polar surface area (TPSA) is 52.0 Å². The maximum absolute atomic E-state index is 13.1. The third kappa shape index (κ3) is 3.77. The van der Waals surface area contributed by atoms with Gasteiger partial charge in [0.05, 0.1) is 5.39 Å². The molecule has 0 bridgehead atoms. The van der Waals surface area contributed by atoms with Crippen molar-refractivity contribution in [2.45, 2.75) is 6.42 Å². The molecule has 5 heteroatoms. The van der Waals surface area contributed by atoms with Gasteiger partial charge in [0, 0.05) is 5.56 Å². The molecule has 0 atom stereocenters. The summed E-state index contributed by atoms with van der Waals surface area (Å²) in [7, 11) is 0. The summed E-state index contributed by atoms with van der Waals surface area (Å²) in [6.45, 7) is 4.20. The predicted octanol–water partition coefficient (Wildman–Crippen LogP) is 4.29. The van der Waals surface area contributed by atoms with Crippen LogP contribution in [0.2, 0.25) is 0 Å². The number of nitrogens with zero attached hydrogens (tertiary/aromatic N) is 1. The average Bonchev–Trinajstić information content (AvgIpc) is 2.92. The molecule has 0 fully saturated rings. The molecule has 0 spiro atoms. The van der Waals surface area contributed by atoms with E-state index in [1.165, 1.54) is 30.3 Å². The predicted molar refractivity (Wildman–Crippen MR) is 83.2 cm³/mol. The standard InChI is InChI=1S/C13H7F2NO.C4H9N/c14-9-3-1-8(2-4-9)13-11-7-10(15)5-6-12(11)17-16-13;1-2-3-4-5/h1-7H;2H,1,3-5H2. The maximum Gasteiger partial charge on any atom is 0.167 e. The number of halogens is 2. The molecule has 0 unspecified atom stereocenters. The lowest BCUT2D eigenvalue weighted by atomic mass is 10.1. The second kappa shape index (κ2) is 7.47. The highest BCUT2D eigenvalue weighted by atomic mass is 19.1. The lowest BCUT2D eigenvalue weighted by Gasteiger charge is -1.96. The van der Waals surface area contributed by atoms with Crippen LogP contribution in [0.3, 0.4) is 0 Å². The Balaban J connectivity index is 0.000000309. The molecule has 1 heterocycles. The van der Waals surface area contributed by atoms with Gasteiger partial charge in [0.2, 0.25) is 0 Å². The zero-order chi connectivity index (χ0) is 15.9. The van der Waals surface area contributed by atoms with Gasteiger partial charge in [-0.2, -0.15) is 0 Å². The third-order valence-electron chi connectivity index (χ3n) is 2.92. The summed E-state index contributed by atoms with van der Waals surface area (Å²) in [5, 5.41) is 4.45. The van der Waals surface area contributed by atoms with Crippen LogP contribution in [0.1, 0.15) is 6.42 Å². The van der Waals surface area contributed by atoms with Crippen LogP contribution in [0, 0.1) is 11.6 Å². The van der Waals surface area contributed by atoms with E-state index in [1.807, 2.05) is 0 Å². The summed E-state index contributed by atoms with van der Waals surface area (Å²) in [6, 6.07) is 10.00. The number of nitrogens with two attached hydrogens (primary N) is 1. The van der Waals surface area contributed by atoms with Gasteiger partial charge in [-0.05, 0) is 55.4 Å². The first-order valence-corrected chi connectivity index (χ1v) is 6.77. The van der Waals surface area contributed by atoms with E-state index in [0.29, 0.717) is 22.2 Å². The normalized spacial score (nSPS) is 10.1. The van der Waals surface area contributed by atoms with Crippen LogP contribution in [0.15, 0.2) is 59.6 Å². The highest BCUT2D eigenvalue weighted by Gasteiger charge is 2.10. The minimum absolute atomic E-state index is 0.326. The summed E-state index contributed by atoms with van der Waals surface area (Å²) >= 11 is 0. The lowest BCUT2D eigenvalue weighted by molar-refractivity contribution is 0.459. The number of fused-ring (bicyclic) bond motifs is 1. The Kier molecular flexibility index (Phi) is 5.38. The van der Waals surface area contributed by atoms with Crippen molar-refractivity contribution in [3.05, 3.63) is 66.8 Å². The van der Waals surface area contributed by atoms with Gasteiger partial charge in [-0.25, -0.2) is 8.78 Å². The minimum atomic E-state index is -0.357. The first-order valence-electron chi connectivity index (χ1n) is 6.77. The van der Waals surface area contributed by atoms with E-state index in [9.17, 15) is 8.78 Å². The van der Waals surface area contributed by atoms with Crippen molar-refractivity contribution in [3.63, 3.8) is 0 Å². The smallest absolute Gasteiger partial charge is 0.167 e. The summed E-state index contributed by atoms with van der Waals surface area (Å²) in [5.41, 5.74) is 6.78. The Morgan fingerprint density at radius 2 is 1.77 bits per heavy atom. The number of benzene rings is 2. The maximum atomic E-state index is 13.1. The van der Waals surface area contributed by atoms with Gasteiger partial charge >= 0.3 is 0 Å². The Morgan fingerprint density at radius 1 is 1.09 bits per heavy atom. The molecular weight excluding hydrogens is 286 g/mol. The van der Waals surface area contributed by atoms with Crippen LogP contribution in [-0.4, -0.2) is 11.7 Å². The van der Waals surface area contributed by atoms with Crippen molar-refractivity contribution in [3.8, 4) is 11.3 Å². The first kappa shape index (κ1) is 15.9. The minimum Gasteiger partial charge on any atom is -0.356 e. The van der Waals surface area contributed by atoms with E-state index in [4.69, 9.17) is 10.3 Å². The van der Waals surface area contributed by atoms with E-state index in [1.54, 1.807) is 18.2 Å². The fraction of sp³-hybridized carbons (Fsp3) is 0.118. The molecular formula is C17H16F2N2O. The molecule has 0 aliphatic heterocycles. The summed E-state index contributed by atoms with van der Waals surface area (Å²) in [5.74, 6) is -0.684. The molecule has 0 aliphatic carbocycles. The molecule has 3 nitrogen and oxygen atoms in total. The molecule has 0 amide bonds. The van der Waals surface area contributed by atoms with Crippen LogP contribution in [0.4, 0.5) is 8.78 Å². The Labute approximate surface area is 127 Å². The second-order valence-corrected chi connectivity index (χ2v) is 4.54. The largest absolute Gasteiger partial charge is 0.356 e. The van der Waals surface area contributed by atoms with E-state index in [0.717, 1.165) is 13.0 Å². The van der Waals surface area contributed by atoms with E-state index < -0.39 is 0 Å². The average molecular weight is 302 g/mol. The fourth-order valence-electron chi connectivity index (χ4n) is 1.84. The van der Waals surface area contributed by atoms with Crippen molar-refractivity contribution < 1.29 is 13.3 Å². The summed E-state index contributed by atoms with van der Waals surface area (Å²) in [4.78, 5) is 0. The van der Waals surface area contributed by atoms with E-state index >= 15 is 0 Å². The summed E-state index contributed by atoms with van der Waals surface area (Å²) < 4.78 is 31.0. The molecule has 1 aromatic heterocycles. The lowest BCUT2D eigenvalue weighted by Crippen LogP contribution is -1.94. The highest BCUT2D eigenvalue weighted by molar-refractivity contribution is 5.91. The number of hydrogen-bond donors (Lipinski definition) is 1. The molecule has 0 saturated carbocycles. The molecule has 2 aromatic carbocycles. The monoisotopic (exact) mass is 302 g/mol. The van der Waals surface area contributed by atoms with Gasteiger partial charge in [-0.3, -0.25) is 0 Å². The van der Waals surface area contributed by atoms with Crippen molar-refractivity contribution in [1.29, 1.82) is 0 Å². The van der Waals surface area contributed by atoms with Crippen LogP contribution < -0.4 is 5.73 Å². The van der Waals surface area contributed by atoms with Crippen molar-refractivity contribution >= 4 is 11.0 Å². The molecule has 3 aromatic rings. The fourth-order valence-corrected chi connectivity index (χ4v) is 1.84. The van der Waals surface area contributed by atoms with Gasteiger partial charge in [-0.15, -0.1) is 6.58 Å². The summed E-state index contributed by atoms with van der Waals surface area (Å²) in [6.07, 6.45) is 2.74. The van der Waals surface area contributed by atoms with Crippen LogP contribution in [0.25, 0.3) is 22.2 Å². The van der Waals surface area contributed by atoms with Crippen molar-refractivity contribution in [1.82, 2.24) is 5.16 Å². The molecule has 114 valence electrons. The van der Waals surface area contributed by atoms with E-state index in [2.05, 4.69) is 11.7 Å². The Morgan fingerprint density at radius 3 is 2.36 bits per heavy atom. The third-order valence-corrected chi connectivity index (χ3v) is 2.92. The van der Waals surface area contributed by atoms with Crippen LogP contribution in [0.5, 0.6) is 0 Å². The molecule has 3 rings (SSSR count). The van der Waals surface area contributed by atoms with Crippen molar-refractivity contribution in [2.24, 2.45) is 5.73 Å². The number of rotatable bonds is 3. The molecule has 22 heavy (non-hydrogen) atoms. The zero-order valence-corrected chi connectivity index (χ0v) is 11.9. The molecule has 0 saturated heterocycles. The second-order valence-electron chi connectivity index (χ2n) is 4.54. The van der Waals surface area contributed by atoms with Gasteiger partial charge < -0.3 is 10.3 Å². The van der Waals surface area contributed by atoms with Gasteiger partial charge in [0.1, 0.15) is 17.3 Å². The van der Waals surface area contributed by atoms with Crippen LogP contribution in [-0.2, 0) is 0 Å². The highest BCUT2D eigenvalue weighted by Crippen LogP contribution is 2.28. The Hall–Kier alpha value is -2.53. The molecule has 0 radical (unpaired) electrons. The number of hydrogen-bond acceptors (Lipinski definition) is 3. The molecule has 2 N–H and O–H groups in total. The van der Waals surface area contributed by atoms with Gasteiger partial charge in [0.15, 0.2) is 5.58 Å².